The SMILES string of the molecule is CC(C)CC(C(=O)O)c1cc(-c2ccc(C(F)(F)F)cc2)cc(C2CCCN(Cc3ccc4nnn(C)c4c3)C2)c1. The van der Waals surface area contributed by atoms with Gasteiger partial charge in [-0.2, -0.15) is 13.2 Å². The zero-order chi connectivity index (χ0) is 29.3. The third-order valence-corrected chi connectivity index (χ3v) is 7.99. The fraction of sp³-hybridized carbons (Fsp3) is 0.406. The summed E-state index contributed by atoms with van der Waals surface area (Å²) in [5.74, 6) is -1.24. The van der Waals surface area contributed by atoms with Crippen LogP contribution in [0, 0.1) is 5.92 Å². The lowest BCUT2D eigenvalue weighted by atomic mass is 9.83. The normalized spacial score (nSPS) is 17.3. The summed E-state index contributed by atoms with van der Waals surface area (Å²) in [6.07, 6.45) is -1.98. The van der Waals surface area contributed by atoms with Crippen LogP contribution in [-0.2, 0) is 24.6 Å². The molecular weight excluding hydrogens is 529 g/mol. The number of benzene rings is 3. The summed E-state index contributed by atoms with van der Waals surface area (Å²) in [6, 6.07) is 17.2. The number of likely N-dealkylation sites (tertiary alicyclic amines) is 1. The van der Waals surface area contributed by atoms with Crippen molar-refractivity contribution in [3.8, 4) is 11.1 Å². The van der Waals surface area contributed by atoms with E-state index >= 15 is 0 Å². The standard InChI is InChI=1S/C32H35F3N4O2/c1-20(2)13-28(31(40)41)26-16-24(22-7-9-27(10-8-22)32(33,34)35)15-25(17-26)23-5-4-12-39(19-23)18-21-6-11-29-30(14-21)38(3)37-36-29/h6-11,14-17,20,23,28H,4-5,12-13,18-19H2,1-3H3,(H,40,41). The average molecular weight is 565 g/mol. The summed E-state index contributed by atoms with van der Waals surface area (Å²) < 4.78 is 41.4. The highest BCUT2D eigenvalue weighted by molar-refractivity contribution is 5.78. The van der Waals surface area contributed by atoms with Gasteiger partial charge < -0.3 is 5.11 Å². The van der Waals surface area contributed by atoms with Gasteiger partial charge in [0, 0.05) is 20.1 Å². The molecule has 0 amide bonds. The third kappa shape index (κ3) is 6.62. The molecule has 1 fully saturated rings. The van der Waals surface area contributed by atoms with Crippen LogP contribution in [-0.4, -0.2) is 44.1 Å². The van der Waals surface area contributed by atoms with Crippen LogP contribution in [0.5, 0.6) is 0 Å². The number of hydrogen-bond acceptors (Lipinski definition) is 4. The Morgan fingerprint density at radius 3 is 2.49 bits per heavy atom. The fourth-order valence-corrected chi connectivity index (χ4v) is 5.89. The summed E-state index contributed by atoms with van der Waals surface area (Å²) in [4.78, 5) is 14.7. The van der Waals surface area contributed by atoms with Gasteiger partial charge in [-0.05, 0) is 89.7 Å². The number of aromatic nitrogens is 3. The number of carbonyl (C=O) groups is 1. The molecule has 2 heterocycles. The summed E-state index contributed by atoms with van der Waals surface area (Å²) in [5.41, 5.74) is 5.42. The van der Waals surface area contributed by atoms with Gasteiger partial charge >= 0.3 is 12.1 Å². The molecule has 6 nitrogen and oxygen atoms in total. The topological polar surface area (TPSA) is 71.2 Å². The van der Waals surface area contributed by atoms with Crippen molar-refractivity contribution in [2.24, 2.45) is 13.0 Å². The molecule has 0 saturated carbocycles. The number of carboxylic acid groups (broad SMARTS) is 1. The Bertz CT molecular complexity index is 1530. The van der Waals surface area contributed by atoms with Gasteiger partial charge in [0.2, 0.25) is 0 Å². The highest BCUT2D eigenvalue weighted by Crippen LogP contribution is 2.37. The molecule has 5 rings (SSSR count). The quantitative estimate of drug-likeness (QED) is 0.244. The van der Waals surface area contributed by atoms with E-state index in [-0.39, 0.29) is 11.8 Å². The number of halogens is 3. The van der Waals surface area contributed by atoms with Crippen LogP contribution in [0.25, 0.3) is 22.2 Å². The molecule has 0 aliphatic carbocycles. The first-order chi connectivity index (χ1) is 19.5. The Kier molecular flexibility index (Phi) is 8.18. The number of nitrogens with zero attached hydrogens (tertiary/aromatic N) is 4. The second kappa shape index (κ2) is 11.6. The summed E-state index contributed by atoms with van der Waals surface area (Å²) in [7, 11) is 1.88. The fourth-order valence-electron chi connectivity index (χ4n) is 5.89. The van der Waals surface area contributed by atoms with Crippen LogP contribution in [0.3, 0.4) is 0 Å². The highest BCUT2D eigenvalue weighted by atomic mass is 19.4. The van der Waals surface area contributed by atoms with E-state index in [1.165, 1.54) is 17.7 Å². The van der Waals surface area contributed by atoms with Crippen molar-refractivity contribution in [2.75, 3.05) is 13.1 Å². The molecule has 4 aromatic rings. The Balaban J connectivity index is 1.46. The maximum absolute atomic E-state index is 13.2. The van der Waals surface area contributed by atoms with Crippen molar-refractivity contribution >= 4 is 17.0 Å². The van der Waals surface area contributed by atoms with Gasteiger partial charge in [0.1, 0.15) is 5.52 Å². The maximum atomic E-state index is 13.2. The minimum Gasteiger partial charge on any atom is -0.481 e. The minimum atomic E-state index is -4.42. The number of alkyl halides is 3. The Labute approximate surface area is 237 Å². The lowest BCUT2D eigenvalue weighted by Crippen LogP contribution is -2.34. The number of rotatable bonds is 8. The second-order valence-corrected chi connectivity index (χ2v) is 11.6. The molecular formula is C32H35F3N4O2. The summed E-state index contributed by atoms with van der Waals surface area (Å²) in [5, 5.41) is 18.4. The molecule has 1 aliphatic heterocycles. The number of carboxylic acids is 1. The minimum absolute atomic E-state index is 0.173. The zero-order valence-electron chi connectivity index (χ0n) is 23.5. The molecule has 216 valence electrons. The zero-order valence-corrected chi connectivity index (χ0v) is 23.5. The predicted molar refractivity (Wildman–Crippen MR) is 152 cm³/mol. The smallest absolute Gasteiger partial charge is 0.416 e. The first-order valence-corrected chi connectivity index (χ1v) is 14.0. The number of aryl methyl sites for hydroxylation is 1. The largest absolute Gasteiger partial charge is 0.481 e. The highest BCUT2D eigenvalue weighted by Gasteiger charge is 2.30. The third-order valence-electron chi connectivity index (χ3n) is 7.99. The van der Waals surface area contributed by atoms with Crippen molar-refractivity contribution in [3.05, 3.63) is 82.9 Å². The molecule has 3 aromatic carbocycles. The van der Waals surface area contributed by atoms with Crippen LogP contribution in [0.2, 0.25) is 0 Å². The van der Waals surface area contributed by atoms with Gasteiger partial charge in [-0.25, -0.2) is 4.68 Å². The van der Waals surface area contributed by atoms with Crippen LogP contribution in [0.15, 0.2) is 60.7 Å². The monoisotopic (exact) mass is 564 g/mol. The molecule has 1 aromatic heterocycles. The van der Waals surface area contributed by atoms with Crippen molar-refractivity contribution < 1.29 is 23.1 Å². The maximum Gasteiger partial charge on any atom is 0.416 e. The van der Waals surface area contributed by atoms with E-state index in [1.54, 1.807) is 4.68 Å². The first-order valence-electron chi connectivity index (χ1n) is 14.0. The predicted octanol–water partition coefficient (Wildman–Crippen LogP) is 7.25. The second-order valence-electron chi connectivity index (χ2n) is 11.6. The lowest BCUT2D eigenvalue weighted by molar-refractivity contribution is -0.139. The van der Waals surface area contributed by atoms with E-state index in [0.717, 1.165) is 66.8 Å². The lowest BCUT2D eigenvalue weighted by Gasteiger charge is -2.33. The Morgan fingerprint density at radius 2 is 1.80 bits per heavy atom. The van der Waals surface area contributed by atoms with Gasteiger partial charge in [0.05, 0.1) is 17.0 Å². The number of fused-ring (bicyclic) bond motifs is 1. The Morgan fingerprint density at radius 1 is 1.05 bits per heavy atom. The van der Waals surface area contributed by atoms with Gasteiger partial charge in [0.25, 0.3) is 0 Å². The van der Waals surface area contributed by atoms with E-state index in [0.29, 0.717) is 17.5 Å². The number of hydrogen-bond donors (Lipinski definition) is 1. The summed E-state index contributed by atoms with van der Waals surface area (Å²) >= 11 is 0. The molecule has 2 atom stereocenters. The molecule has 9 heteroatoms. The van der Waals surface area contributed by atoms with E-state index < -0.39 is 23.6 Å². The summed E-state index contributed by atoms with van der Waals surface area (Å²) in [6.45, 7) is 6.52. The van der Waals surface area contributed by atoms with Gasteiger partial charge in [-0.3, -0.25) is 9.69 Å². The average Bonchev–Trinajstić information content (AvgIpc) is 3.31. The molecule has 41 heavy (non-hydrogen) atoms. The van der Waals surface area contributed by atoms with E-state index in [1.807, 2.05) is 45.2 Å². The van der Waals surface area contributed by atoms with Crippen molar-refractivity contribution in [2.45, 2.75) is 57.7 Å². The van der Waals surface area contributed by atoms with Crippen LogP contribution in [0.1, 0.15) is 67.2 Å². The van der Waals surface area contributed by atoms with E-state index in [4.69, 9.17) is 0 Å². The number of piperidine rings is 1. The molecule has 1 N–H and O–H groups in total. The molecule has 1 saturated heterocycles. The number of aliphatic carboxylic acids is 1. The van der Waals surface area contributed by atoms with Crippen molar-refractivity contribution in [1.29, 1.82) is 0 Å². The molecule has 0 spiro atoms. The molecule has 0 radical (unpaired) electrons. The van der Waals surface area contributed by atoms with Gasteiger partial charge in [-0.1, -0.05) is 55.5 Å². The van der Waals surface area contributed by atoms with Crippen molar-refractivity contribution in [3.63, 3.8) is 0 Å². The van der Waals surface area contributed by atoms with Gasteiger partial charge in [0.15, 0.2) is 0 Å². The van der Waals surface area contributed by atoms with Crippen LogP contribution in [0.4, 0.5) is 13.2 Å². The van der Waals surface area contributed by atoms with Gasteiger partial charge in [-0.15, -0.1) is 5.10 Å². The van der Waals surface area contributed by atoms with E-state index in [2.05, 4.69) is 27.3 Å². The molecule has 0 bridgehead atoms. The van der Waals surface area contributed by atoms with Crippen molar-refractivity contribution in [1.82, 2.24) is 19.9 Å². The van der Waals surface area contributed by atoms with Crippen LogP contribution >= 0.6 is 0 Å². The van der Waals surface area contributed by atoms with Crippen LogP contribution < -0.4 is 0 Å². The molecule has 1 aliphatic rings. The molecule has 2 unspecified atom stereocenters. The van der Waals surface area contributed by atoms with E-state index in [9.17, 15) is 23.1 Å². The Hall–Kier alpha value is -3.72. The first kappa shape index (κ1) is 28.8.